The third-order valence-electron chi connectivity index (χ3n) is 5.03. The molecule has 1 aromatic carbocycles. The number of rotatable bonds is 7. The number of carbonyl (C=O) groups is 2. The van der Waals surface area contributed by atoms with Crippen LogP contribution in [0.4, 0.5) is 5.69 Å². The fourth-order valence-corrected chi connectivity index (χ4v) is 3.02. The molecule has 6 heteroatoms. The zero-order valence-electron chi connectivity index (χ0n) is 15.5. The van der Waals surface area contributed by atoms with E-state index >= 15 is 0 Å². The number of nitrogens with one attached hydrogen (secondary N) is 1. The van der Waals surface area contributed by atoms with E-state index in [9.17, 15) is 14.7 Å². The number of carbonyl (C=O) groups excluding carboxylic acids is 2. The summed E-state index contributed by atoms with van der Waals surface area (Å²) in [6.45, 7) is 6.25. The number of methoxy groups -OCH3 is 1. The van der Waals surface area contributed by atoms with Crippen LogP contribution >= 0.6 is 0 Å². The Hall–Kier alpha value is -2.08. The first kappa shape index (κ1) is 19.2. The quantitative estimate of drug-likeness (QED) is 0.790. The Morgan fingerprint density at radius 2 is 2.08 bits per heavy atom. The lowest BCUT2D eigenvalue weighted by Crippen LogP contribution is -2.44. The minimum Gasteiger partial charge on any atom is -0.495 e. The maximum absolute atomic E-state index is 12.4. The van der Waals surface area contributed by atoms with Gasteiger partial charge < -0.3 is 20.1 Å². The van der Waals surface area contributed by atoms with Crippen molar-refractivity contribution in [2.75, 3.05) is 25.1 Å². The largest absolute Gasteiger partial charge is 0.495 e. The molecule has 2 rings (SSSR count). The fraction of sp³-hybridized carbons (Fsp3) is 0.579. The molecule has 1 aromatic rings. The molecule has 25 heavy (non-hydrogen) atoms. The van der Waals surface area contributed by atoms with E-state index in [1.165, 1.54) is 0 Å². The number of benzene rings is 1. The highest BCUT2D eigenvalue weighted by atomic mass is 16.5. The highest BCUT2D eigenvalue weighted by Gasteiger charge is 2.37. The molecule has 1 aliphatic heterocycles. The number of nitrogens with zero attached hydrogens (tertiary/aromatic N) is 1. The molecule has 1 saturated heterocycles. The molecule has 0 radical (unpaired) electrons. The number of ether oxygens (including phenoxy) is 1. The standard InChI is InChI=1S/C19H28N2O4/c1-5-19(24,6-2)12-20-18(23)14-10-17(22)21(11-14)15-9-13(3)7-8-16(15)25-4/h7-9,14,24H,5-6,10-12H2,1-4H3,(H,20,23)/t14-/m0/s1. The van der Waals surface area contributed by atoms with E-state index < -0.39 is 11.5 Å². The zero-order valence-corrected chi connectivity index (χ0v) is 15.5. The van der Waals surface area contributed by atoms with Crippen LogP contribution in [0.15, 0.2) is 18.2 Å². The number of aliphatic hydroxyl groups is 1. The van der Waals surface area contributed by atoms with Crippen molar-refractivity contribution in [2.24, 2.45) is 5.92 Å². The minimum atomic E-state index is -0.891. The van der Waals surface area contributed by atoms with Gasteiger partial charge in [0, 0.05) is 19.5 Å². The highest BCUT2D eigenvalue weighted by Crippen LogP contribution is 2.34. The van der Waals surface area contributed by atoms with E-state index in [1.54, 1.807) is 12.0 Å². The Morgan fingerprint density at radius 1 is 1.40 bits per heavy atom. The highest BCUT2D eigenvalue weighted by molar-refractivity contribution is 6.01. The molecule has 138 valence electrons. The van der Waals surface area contributed by atoms with Crippen molar-refractivity contribution >= 4 is 17.5 Å². The Kier molecular flexibility index (Phi) is 6.06. The maximum Gasteiger partial charge on any atom is 0.227 e. The normalized spacial score (nSPS) is 17.7. The van der Waals surface area contributed by atoms with Gasteiger partial charge in [-0.2, -0.15) is 0 Å². The molecule has 0 unspecified atom stereocenters. The van der Waals surface area contributed by atoms with E-state index in [2.05, 4.69) is 5.32 Å². The molecule has 2 amide bonds. The van der Waals surface area contributed by atoms with Crippen molar-refractivity contribution in [3.05, 3.63) is 23.8 Å². The van der Waals surface area contributed by atoms with Crippen molar-refractivity contribution in [2.45, 2.75) is 45.6 Å². The lowest BCUT2D eigenvalue weighted by molar-refractivity contribution is -0.127. The molecule has 1 heterocycles. The van der Waals surface area contributed by atoms with Crippen LogP contribution in [-0.2, 0) is 9.59 Å². The van der Waals surface area contributed by atoms with Crippen molar-refractivity contribution in [3.63, 3.8) is 0 Å². The topological polar surface area (TPSA) is 78.9 Å². The molecule has 0 aliphatic carbocycles. The summed E-state index contributed by atoms with van der Waals surface area (Å²) >= 11 is 0. The van der Waals surface area contributed by atoms with Gasteiger partial charge in [-0.15, -0.1) is 0 Å². The summed E-state index contributed by atoms with van der Waals surface area (Å²) in [6.07, 6.45) is 1.31. The second-order valence-corrected chi connectivity index (χ2v) is 6.73. The van der Waals surface area contributed by atoms with E-state index in [-0.39, 0.29) is 24.8 Å². The molecular weight excluding hydrogens is 320 g/mol. The monoisotopic (exact) mass is 348 g/mol. The van der Waals surface area contributed by atoms with Gasteiger partial charge in [-0.1, -0.05) is 19.9 Å². The van der Waals surface area contributed by atoms with Gasteiger partial charge in [-0.25, -0.2) is 0 Å². The third kappa shape index (κ3) is 4.31. The summed E-state index contributed by atoms with van der Waals surface area (Å²) in [7, 11) is 1.56. The number of anilines is 1. The minimum absolute atomic E-state index is 0.0923. The van der Waals surface area contributed by atoms with Crippen LogP contribution in [-0.4, -0.2) is 42.7 Å². The van der Waals surface area contributed by atoms with Crippen LogP contribution in [0.25, 0.3) is 0 Å². The smallest absolute Gasteiger partial charge is 0.227 e. The van der Waals surface area contributed by atoms with Crippen LogP contribution in [0, 0.1) is 12.8 Å². The molecule has 6 nitrogen and oxygen atoms in total. The van der Waals surface area contributed by atoms with Crippen molar-refractivity contribution in [3.8, 4) is 5.75 Å². The van der Waals surface area contributed by atoms with Gasteiger partial charge in [0.1, 0.15) is 5.75 Å². The Labute approximate surface area is 149 Å². The van der Waals surface area contributed by atoms with E-state index in [4.69, 9.17) is 4.74 Å². The predicted molar refractivity (Wildman–Crippen MR) is 96.7 cm³/mol. The first-order valence-electron chi connectivity index (χ1n) is 8.78. The molecular formula is C19H28N2O4. The maximum atomic E-state index is 12.4. The van der Waals surface area contributed by atoms with Gasteiger partial charge in [0.25, 0.3) is 0 Å². The SMILES string of the molecule is CCC(O)(CC)CNC(=O)[C@H]1CC(=O)N(c2cc(C)ccc2OC)C1. The second-order valence-electron chi connectivity index (χ2n) is 6.73. The molecule has 1 aliphatic rings. The van der Waals surface area contributed by atoms with Gasteiger partial charge >= 0.3 is 0 Å². The van der Waals surface area contributed by atoms with Gasteiger partial charge in [0.2, 0.25) is 11.8 Å². The molecule has 1 atom stereocenters. The third-order valence-corrected chi connectivity index (χ3v) is 5.03. The summed E-state index contributed by atoms with van der Waals surface area (Å²) < 4.78 is 5.35. The van der Waals surface area contributed by atoms with E-state index in [0.29, 0.717) is 30.8 Å². The van der Waals surface area contributed by atoms with Crippen LogP contribution in [0.2, 0.25) is 0 Å². The second kappa shape index (κ2) is 7.87. The first-order valence-corrected chi connectivity index (χ1v) is 8.78. The van der Waals surface area contributed by atoms with Gasteiger partial charge in [0.05, 0.1) is 24.3 Å². The van der Waals surface area contributed by atoms with Gasteiger partial charge in [-0.3, -0.25) is 9.59 Å². The van der Waals surface area contributed by atoms with E-state index in [1.807, 2.05) is 39.0 Å². The predicted octanol–water partition coefficient (Wildman–Crippen LogP) is 2.02. The van der Waals surface area contributed by atoms with E-state index in [0.717, 1.165) is 5.56 Å². The van der Waals surface area contributed by atoms with Crippen LogP contribution in [0.5, 0.6) is 5.75 Å². The Balaban J connectivity index is 2.07. The van der Waals surface area contributed by atoms with Crippen molar-refractivity contribution in [1.82, 2.24) is 5.32 Å². The zero-order chi connectivity index (χ0) is 18.6. The number of hydrogen-bond acceptors (Lipinski definition) is 4. The molecule has 0 saturated carbocycles. The lowest BCUT2D eigenvalue weighted by Gasteiger charge is -2.26. The van der Waals surface area contributed by atoms with Crippen LogP contribution < -0.4 is 15.0 Å². The number of amides is 2. The molecule has 1 fully saturated rings. The summed E-state index contributed by atoms with van der Waals surface area (Å²) in [6, 6.07) is 5.64. The lowest BCUT2D eigenvalue weighted by atomic mass is 9.97. The summed E-state index contributed by atoms with van der Waals surface area (Å²) in [4.78, 5) is 26.5. The fourth-order valence-electron chi connectivity index (χ4n) is 3.02. The Bertz CT molecular complexity index is 640. The summed E-state index contributed by atoms with van der Waals surface area (Å²) in [5.41, 5.74) is 0.825. The Morgan fingerprint density at radius 3 is 2.68 bits per heavy atom. The van der Waals surface area contributed by atoms with Crippen LogP contribution in [0.3, 0.4) is 0 Å². The van der Waals surface area contributed by atoms with Gasteiger partial charge in [0.15, 0.2) is 0 Å². The first-order chi connectivity index (χ1) is 11.8. The average Bonchev–Trinajstić information content (AvgIpc) is 3.01. The van der Waals surface area contributed by atoms with Crippen LogP contribution in [0.1, 0.15) is 38.7 Å². The number of hydrogen-bond donors (Lipinski definition) is 2. The molecule has 0 bridgehead atoms. The molecule has 2 N–H and O–H groups in total. The van der Waals surface area contributed by atoms with Crippen molar-refractivity contribution < 1.29 is 19.4 Å². The number of aryl methyl sites for hydroxylation is 1. The summed E-state index contributed by atoms with van der Waals surface area (Å²) in [5.74, 6) is -0.0879. The average molecular weight is 348 g/mol. The van der Waals surface area contributed by atoms with Gasteiger partial charge in [-0.05, 0) is 37.5 Å². The van der Waals surface area contributed by atoms with Crippen molar-refractivity contribution in [1.29, 1.82) is 0 Å². The molecule has 0 spiro atoms. The summed E-state index contributed by atoms with van der Waals surface area (Å²) in [5, 5.41) is 13.1. The molecule has 0 aromatic heterocycles.